The van der Waals surface area contributed by atoms with E-state index in [1.807, 2.05) is 0 Å². The SMILES string of the molecule is CC[n+]1ccsc1. The molecule has 0 aromatic carbocycles. The van der Waals surface area contributed by atoms with Crippen molar-refractivity contribution in [1.29, 1.82) is 0 Å². The van der Waals surface area contributed by atoms with E-state index in [0.717, 1.165) is 6.54 Å². The molecule has 0 aliphatic heterocycles. The van der Waals surface area contributed by atoms with E-state index < -0.39 is 0 Å². The Morgan fingerprint density at radius 1 is 1.71 bits per heavy atom. The molecule has 1 nitrogen and oxygen atoms in total. The first-order valence-corrected chi connectivity index (χ1v) is 3.29. The first-order chi connectivity index (χ1) is 3.43. The van der Waals surface area contributed by atoms with Crippen molar-refractivity contribution < 1.29 is 4.57 Å². The number of aryl methyl sites for hydroxylation is 1. The van der Waals surface area contributed by atoms with E-state index in [-0.39, 0.29) is 0 Å². The van der Waals surface area contributed by atoms with Gasteiger partial charge in [-0.05, 0) is 6.92 Å². The van der Waals surface area contributed by atoms with Crippen molar-refractivity contribution in [2.75, 3.05) is 0 Å². The van der Waals surface area contributed by atoms with E-state index in [9.17, 15) is 0 Å². The van der Waals surface area contributed by atoms with Gasteiger partial charge in [-0.1, -0.05) is 11.3 Å². The summed E-state index contributed by atoms with van der Waals surface area (Å²) in [4.78, 5) is 0. The Bertz CT molecular complexity index is 123. The van der Waals surface area contributed by atoms with Crippen LogP contribution in [0.25, 0.3) is 0 Å². The fraction of sp³-hybridized carbons (Fsp3) is 0.400. The van der Waals surface area contributed by atoms with Crippen molar-refractivity contribution in [2.45, 2.75) is 13.5 Å². The molecule has 2 heteroatoms. The highest BCUT2D eigenvalue weighted by molar-refractivity contribution is 7.07. The summed E-state index contributed by atoms with van der Waals surface area (Å²) in [5.41, 5.74) is 2.10. The quantitative estimate of drug-likeness (QED) is 0.480. The van der Waals surface area contributed by atoms with Crippen LogP contribution in [0.5, 0.6) is 0 Å². The maximum Gasteiger partial charge on any atom is 0.224 e. The van der Waals surface area contributed by atoms with E-state index in [4.69, 9.17) is 0 Å². The summed E-state index contributed by atoms with van der Waals surface area (Å²) in [6.45, 7) is 3.22. The highest BCUT2D eigenvalue weighted by Gasteiger charge is 1.89. The molecule has 0 aliphatic carbocycles. The van der Waals surface area contributed by atoms with Crippen LogP contribution < -0.4 is 4.57 Å². The predicted octanol–water partition coefficient (Wildman–Crippen LogP) is 1.06. The molecule has 0 amide bonds. The third-order valence-electron chi connectivity index (χ3n) is 0.892. The normalized spacial score (nSPS) is 9.29. The number of thiazole rings is 1. The number of rotatable bonds is 1. The van der Waals surface area contributed by atoms with Gasteiger partial charge < -0.3 is 0 Å². The molecule has 0 aliphatic rings. The van der Waals surface area contributed by atoms with Gasteiger partial charge in [-0.25, -0.2) is 0 Å². The zero-order valence-corrected chi connectivity index (χ0v) is 5.11. The van der Waals surface area contributed by atoms with Gasteiger partial charge in [-0.3, -0.25) is 0 Å². The Hall–Kier alpha value is -0.370. The van der Waals surface area contributed by atoms with Gasteiger partial charge in [0.05, 0.1) is 5.38 Å². The van der Waals surface area contributed by atoms with Gasteiger partial charge >= 0.3 is 0 Å². The Kier molecular flexibility index (Phi) is 1.42. The maximum atomic E-state index is 2.14. The van der Waals surface area contributed by atoms with Gasteiger partial charge in [0.15, 0.2) is 6.20 Å². The summed E-state index contributed by atoms with van der Waals surface area (Å²) >= 11 is 1.73. The molecule has 38 valence electrons. The standard InChI is InChI=1S/C5H8NS/c1-2-6-3-4-7-5-6/h3-5H,2H2,1H3/q+1. The van der Waals surface area contributed by atoms with Crippen LogP contribution in [0.2, 0.25) is 0 Å². The Labute approximate surface area is 47.2 Å². The van der Waals surface area contributed by atoms with E-state index in [1.54, 1.807) is 11.3 Å². The number of hydrogen-bond acceptors (Lipinski definition) is 1. The fourth-order valence-electron chi connectivity index (χ4n) is 0.442. The molecule has 0 spiro atoms. The molecule has 0 radical (unpaired) electrons. The average Bonchev–Trinajstić information content (AvgIpc) is 2.14. The second-order valence-electron chi connectivity index (χ2n) is 1.36. The van der Waals surface area contributed by atoms with E-state index in [1.165, 1.54) is 0 Å². The van der Waals surface area contributed by atoms with Gasteiger partial charge in [0.25, 0.3) is 0 Å². The highest BCUT2D eigenvalue weighted by atomic mass is 32.1. The molecular weight excluding hydrogens is 106 g/mol. The third kappa shape index (κ3) is 0.996. The lowest BCUT2D eigenvalue weighted by Gasteiger charge is -1.74. The van der Waals surface area contributed by atoms with Crippen LogP contribution in [-0.4, -0.2) is 0 Å². The lowest BCUT2D eigenvalue weighted by atomic mass is 10.7. The summed E-state index contributed by atoms with van der Waals surface area (Å²) in [5.74, 6) is 0. The summed E-state index contributed by atoms with van der Waals surface area (Å²) in [6, 6.07) is 0. The van der Waals surface area contributed by atoms with Gasteiger partial charge in [-0.15, -0.1) is 0 Å². The molecule has 1 aromatic heterocycles. The lowest BCUT2D eigenvalue weighted by molar-refractivity contribution is -0.688. The van der Waals surface area contributed by atoms with Gasteiger partial charge in [0.2, 0.25) is 5.51 Å². The zero-order chi connectivity index (χ0) is 5.11. The number of aromatic nitrogens is 1. The van der Waals surface area contributed by atoms with Crippen LogP contribution >= 0.6 is 11.3 Å². The average molecular weight is 114 g/mol. The molecule has 0 bridgehead atoms. The monoisotopic (exact) mass is 114 g/mol. The summed E-state index contributed by atoms with van der Waals surface area (Å²) in [6.07, 6.45) is 2.07. The molecule has 0 saturated heterocycles. The van der Waals surface area contributed by atoms with Crippen molar-refractivity contribution in [3.8, 4) is 0 Å². The molecule has 0 fully saturated rings. The van der Waals surface area contributed by atoms with Crippen molar-refractivity contribution in [2.24, 2.45) is 0 Å². The van der Waals surface area contributed by atoms with E-state index in [0.29, 0.717) is 0 Å². The van der Waals surface area contributed by atoms with Crippen LogP contribution in [0, 0.1) is 0 Å². The molecule has 1 aromatic rings. The van der Waals surface area contributed by atoms with Crippen LogP contribution in [0.1, 0.15) is 6.92 Å². The second-order valence-corrected chi connectivity index (χ2v) is 2.11. The third-order valence-corrected chi connectivity index (χ3v) is 1.56. The van der Waals surface area contributed by atoms with Crippen LogP contribution in [0.3, 0.4) is 0 Å². The fourth-order valence-corrected chi connectivity index (χ4v) is 1.11. The Morgan fingerprint density at radius 2 is 2.57 bits per heavy atom. The second kappa shape index (κ2) is 2.07. The summed E-state index contributed by atoms with van der Waals surface area (Å²) in [5, 5.41) is 2.07. The van der Waals surface area contributed by atoms with Crippen LogP contribution in [0.4, 0.5) is 0 Å². The lowest BCUT2D eigenvalue weighted by Crippen LogP contribution is -2.27. The van der Waals surface area contributed by atoms with Gasteiger partial charge in [0.1, 0.15) is 6.54 Å². The largest absolute Gasteiger partial charge is 0.224 e. The molecule has 7 heavy (non-hydrogen) atoms. The highest BCUT2D eigenvalue weighted by Crippen LogP contribution is 1.85. The van der Waals surface area contributed by atoms with Gasteiger partial charge in [-0.2, -0.15) is 4.57 Å². The topological polar surface area (TPSA) is 3.88 Å². The minimum Gasteiger partial charge on any atom is -0.196 e. The zero-order valence-electron chi connectivity index (χ0n) is 4.29. The minimum absolute atomic E-state index is 1.09. The molecule has 0 unspecified atom stereocenters. The first-order valence-electron chi connectivity index (χ1n) is 2.34. The van der Waals surface area contributed by atoms with Crippen molar-refractivity contribution >= 4 is 11.3 Å². The first kappa shape index (κ1) is 4.78. The van der Waals surface area contributed by atoms with Crippen LogP contribution in [-0.2, 0) is 6.54 Å². The Balaban J connectivity index is 2.76. The predicted molar refractivity (Wildman–Crippen MR) is 30.2 cm³/mol. The number of nitrogens with zero attached hydrogens (tertiary/aromatic N) is 1. The molecule has 0 atom stereocenters. The molecule has 0 saturated carbocycles. The smallest absolute Gasteiger partial charge is 0.196 e. The molecule has 0 N–H and O–H groups in total. The summed E-state index contributed by atoms with van der Waals surface area (Å²) < 4.78 is 2.14. The van der Waals surface area contributed by atoms with E-state index >= 15 is 0 Å². The molecule has 1 heterocycles. The molecule has 1 rings (SSSR count). The summed E-state index contributed by atoms with van der Waals surface area (Å²) in [7, 11) is 0. The van der Waals surface area contributed by atoms with Crippen LogP contribution in [0.15, 0.2) is 17.1 Å². The van der Waals surface area contributed by atoms with Crippen molar-refractivity contribution in [1.82, 2.24) is 0 Å². The maximum absolute atomic E-state index is 2.14. The number of hydrogen-bond donors (Lipinski definition) is 0. The Morgan fingerprint density at radius 3 is 2.86 bits per heavy atom. The minimum atomic E-state index is 1.09. The van der Waals surface area contributed by atoms with Crippen molar-refractivity contribution in [3.05, 3.63) is 17.1 Å². The van der Waals surface area contributed by atoms with E-state index in [2.05, 4.69) is 28.6 Å². The molecular formula is C5H8NS+. The van der Waals surface area contributed by atoms with Crippen molar-refractivity contribution in [3.63, 3.8) is 0 Å². The van der Waals surface area contributed by atoms with Gasteiger partial charge in [0, 0.05) is 0 Å².